The van der Waals surface area contributed by atoms with Gasteiger partial charge in [0.1, 0.15) is 0 Å². The Hall–Kier alpha value is -1.06. The van der Waals surface area contributed by atoms with E-state index in [1.165, 1.54) is 11.1 Å². The third kappa shape index (κ3) is 2.57. The molecule has 2 nitrogen and oxygen atoms in total. The fraction of sp³-hybridized carbons (Fsp3) is 0.250. The molecule has 20 heavy (non-hydrogen) atoms. The lowest BCUT2D eigenvalue weighted by molar-refractivity contribution is 0.205. The van der Waals surface area contributed by atoms with Crippen LogP contribution in [0, 0.1) is 0 Å². The molecule has 2 aromatic rings. The summed E-state index contributed by atoms with van der Waals surface area (Å²) in [6, 6.07) is 14.5. The van der Waals surface area contributed by atoms with E-state index in [9.17, 15) is 0 Å². The molecule has 3 rings (SSSR count). The van der Waals surface area contributed by atoms with Crippen LogP contribution in [0.2, 0.25) is 10.0 Å². The number of nitrogens with two attached hydrogens (primary N) is 1. The highest BCUT2D eigenvalue weighted by atomic mass is 35.5. The Morgan fingerprint density at radius 2 is 1.65 bits per heavy atom. The summed E-state index contributed by atoms with van der Waals surface area (Å²) >= 11 is 12.1. The van der Waals surface area contributed by atoms with Gasteiger partial charge < -0.3 is 5.73 Å². The molecule has 0 fully saturated rings. The van der Waals surface area contributed by atoms with Gasteiger partial charge in [0.15, 0.2) is 0 Å². The summed E-state index contributed by atoms with van der Waals surface area (Å²) in [5.74, 6) is 0. The molecule has 2 aromatic carbocycles. The van der Waals surface area contributed by atoms with Crippen LogP contribution in [0.1, 0.15) is 22.7 Å². The molecule has 1 atom stereocenters. The summed E-state index contributed by atoms with van der Waals surface area (Å²) in [5.41, 5.74) is 9.87. The molecule has 1 heterocycles. The first kappa shape index (κ1) is 13.9. The van der Waals surface area contributed by atoms with Crippen LogP contribution in [0.4, 0.5) is 0 Å². The molecular weight excluding hydrogens is 291 g/mol. The largest absolute Gasteiger partial charge is 0.329 e. The summed E-state index contributed by atoms with van der Waals surface area (Å²) in [5, 5.41) is 1.16. The summed E-state index contributed by atoms with van der Waals surface area (Å²) in [6.45, 7) is 2.42. The minimum atomic E-state index is 0.164. The first-order valence-corrected chi connectivity index (χ1v) is 7.40. The van der Waals surface area contributed by atoms with Crippen LogP contribution < -0.4 is 5.73 Å². The van der Waals surface area contributed by atoms with Crippen LogP contribution in [0.5, 0.6) is 0 Å². The number of rotatable bonds is 3. The maximum atomic E-state index is 6.12. The van der Waals surface area contributed by atoms with Crippen molar-refractivity contribution in [2.24, 2.45) is 5.73 Å². The van der Waals surface area contributed by atoms with Crippen LogP contribution in [0.3, 0.4) is 0 Å². The van der Waals surface area contributed by atoms with E-state index in [2.05, 4.69) is 29.2 Å². The van der Waals surface area contributed by atoms with Gasteiger partial charge in [0, 0.05) is 25.7 Å². The molecule has 0 amide bonds. The normalized spacial score (nSPS) is 16.1. The molecule has 1 unspecified atom stereocenters. The predicted octanol–water partition coefficient (Wildman–Crippen LogP) is 4.01. The first-order valence-electron chi connectivity index (χ1n) is 6.65. The van der Waals surface area contributed by atoms with Crippen molar-refractivity contribution in [1.29, 1.82) is 0 Å². The minimum Gasteiger partial charge on any atom is -0.329 e. The monoisotopic (exact) mass is 306 g/mol. The molecule has 0 aliphatic carbocycles. The Labute approximate surface area is 129 Å². The quantitative estimate of drug-likeness (QED) is 0.928. The first-order chi connectivity index (χ1) is 9.69. The van der Waals surface area contributed by atoms with Crippen LogP contribution in [-0.2, 0) is 13.1 Å². The van der Waals surface area contributed by atoms with E-state index in [-0.39, 0.29) is 6.04 Å². The van der Waals surface area contributed by atoms with Crippen molar-refractivity contribution >= 4 is 23.2 Å². The number of fused-ring (bicyclic) bond motifs is 1. The second-order valence-corrected chi connectivity index (χ2v) is 5.91. The highest BCUT2D eigenvalue weighted by molar-refractivity contribution is 6.42. The molecule has 0 radical (unpaired) electrons. The smallest absolute Gasteiger partial charge is 0.0595 e. The van der Waals surface area contributed by atoms with Gasteiger partial charge in [0.25, 0.3) is 0 Å². The molecule has 0 spiro atoms. The lowest BCUT2D eigenvalue weighted by Crippen LogP contribution is -2.29. The van der Waals surface area contributed by atoms with Crippen LogP contribution in [0.15, 0.2) is 42.5 Å². The van der Waals surface area contributed by atoms with Crippen LogP contribution in [-0.4, -0.2) is 11.4 Å². The Bertz CT molecular complexity index is 603. The minimum absolute atomic E-state index is 0.164. The van der Waals surface area contributed by atoms with Gasteiger partial charge in [0.05, 0.1) is 10.0 Å². The van der Waals surface area contributed by atoms with Gasteiger partial charge in [-0.1, -0.05) is 53.5 Å². The molecule has 0 aromatic heterocycles. The predicted molar refractivity (Wildman–Crippen MR) is 83.9 cm³/mol. The maximum Gasteiger partial charge on any atom is 0.0595 e. The number of hydrogen-bond donors (Lipinski definition) is 1. The fourth-order valence-corrected chi connectivity index (χ4v) is 3.10. The lowest BCUT2D eigenvalue weighted by atomic mass is 10.1. The average Bonchev–Trinajstić information content (AvgIpc) is 2.87. The zero-order valence-electron chi connectivity index (χ0n) is 11.0. The summed E-state index contributed by atoms with van der Waals surface area (Å²) < 4.78 is 0. The van der Waals surface area contributed by atoms with Crippen molar-refractivity contribution in [3.63, 3.8) is 0 Å². The van der Waals surface area contributed by atoms with E-state index in [1.54, 1.807) is 0 Å². The van der Waals surface area contributed by atoms with Crippen molar-refractivity contribution in [2.75, 3.05) is 6.54 Å². The lowest BCUT2D eigenvalue weighted by Gasteiger charge is -2.27. The van der Waals surface area contributed by atoms with E-state index < -0.39 is 0 Å². The zero-order valence-corrected chi connectivity index (χ0v) is 12.5. The Morgan fingerprint density at radius 1 is 1.00 bits per heavy atom. The Kier molecular flexibility index (Phi) is 3.99. The van der Waals surface area contributed by atoms with E-state index in [0.29, 0.717) is 16.6 Å². The molecular formula is C16H16Cl2N2. The second kappa shape index (κ2) is 5.74. The van der Waals surface area contributed by atoms with E-state index >= 15 is 0 Å². The Morgan fingerprint density at radius 3 is 2.20 bits per heavy atom. The number of halogens is 2. The van der Waals surface area contributed by atoms with Crippen molar-refractivity contribution < 1.29 is 0 Å². The third-order valence-electron chi connectivity index (χ3n) is 3.86. The van der Waals surface area contributed by atoms with Crippen LogP contribution >= 0.6 is 23.2 Å². The molecule has 2 N–H and O–H groups in total. The topological polar surface area (TPSA) is 29.3 Å². The number of nitrogens with zero attached hydrogens (tertiary/aromatic N) is 1. The standard InChI is InChI=1S/C16H16Cl2N2/c17-14-6-5-11(7-15(14)18)16(8-19)20-9-12-3-1-2-4-13(12)10-20/h1-7,16H,8-10,19H2. The van der Waals surface area contributed by atoms with Crippen molar-refractivity contribution in [2.45, 2.75) is 19.1 Å². The molecule has 0 bridgehead atoms. The SMILES string of the molecule is NCC(c1ccc(Cl)c(Cl)c1)N1Cc2ccccc2C1. The molecule has 1 aliphatic heterocycles. The van der Waals surface area contributed by atoms with Gasteiger partial charge in [0.2, 0.25) is 0 Å². The average molecular weight is 307 g/mol. The second-order valence-electron chi connectivity index (χ2n) is 5.10. The Balaban J connectivity index is 1.87. The van der Waals surface area contributed by atoms with E-state index in [1.807, 2.05) is 18.2 Å². The zero-order chi connectivity index (χ0) is 14.1. The van der Waals surface area contributed by atoms with Crippen molar-refractivity contribution in [3.05, 3.63) is 69.2 Å². The van der Waals surface area contributed by atoms with Gasteiger partial charge in [-0.2, -0.15) is 0 Å². The van der Waals surface area contributed by atoms with E-state index in [0.717, 1.165) is 18.7 Å². The summed E-state index contributed by atoms with van der Waals surface area (Å²) in [6.07, 6.45) is 0. The van der Waals surface area contributed by atoms with Gasteiger partial charge in [-0.3, -0.25) is 4.90 Å². The molecule has 0 saturated carbocycles. The summed E-state index contributed by atoms with van der Waals surface area (Å²) in [7, 11) is 0. The third-order valence-corrected chi connectivity index (χ3v) is 4.60. The van der Waals surface area contributed by atoms with Gasteiger partial charge in [-0.05, 0) is 28.8 Å². The molecule has 104 valence electrons. The molecule has 4 heteroatoms. The molecule has 1 aliphatic rings. The van der Waals surface area contributed by atoms with Crippen molar-refractivity contribution in [3.8, 4) is 0 Å². The highest BCUT2D eigenvalue weighted by Gasteiger charge is 2.26. The fourth-order valence-electron chi connectivity index (χ4n) is 2.80. The summed E-state index contributed by atoms with van der Waals surface area (Å²) in [4.78, 5) is 2.38. The van der Waals surface area contributed by atoms with Gasteiger partial charge in [-0.15, -0.1) is 0 Å². The number of benzene rings is 2. The van der Waals surface area contributed by atoms with Gasteiger partial charge >= 0.3 is 0 Å². The van der Waals surface area contributed by atoms with Gasteiger partial charge in [-0.25, -0.2) is 0 Å². The van der Waals surface area contributed by atoms with Crippen LogP contribution in [0.25, 0.3) is 0 Å². The maximum absolute atomic E-state index is 6.12. The molecule has 0 saturated heterocycles. The van der Waals surface area contributed by atoms with Crippen molar-refractivity contribution in [1.82, 2.24) is 4.90 Å². The van der Waals surface area contributed by atoms with E-state index in [4.69, 9.17) is 28.9 Å². The number of hydrogen-bond acceptors (Lipinski definition) is 2. The highest BCUT2D eigenvalue weighted by Crippen LogP contribution is 2.33.